The van der Waals surface area contributed by atoms with Gasteiger partial charge in [-0.2, -0.15) is 0 Å². The number of hydrogen-bond acceptors (Lipinski definition) is 5. The summed E-state index contributed by atoms with van der Waals surface area (Å²) in [4.78, 5) is 26.3. The third kappa shape index (κ3) is 6.22. The molecule has 0 saturated heterocycles. The first kappa shape index (κ1) is 26.9. The molecule has 1 aliphatic heterocycles. The molecule has 37 heavy (non-hydrogen) atoms. The Kier molecular flexibility index (Phi) is 8.67. The van der Waals surface area contributed by atoms with Crippen LogP contribution in [-0.4, -0.2) is 47.3 Å². The number of nitrogens with zero attached hydrogens (tertiary/aromatic N) is 1. The van der Waals surface area contributed by atoms with Gasteiger partial charge < -0.3 is 25.4 Å². The molecule has 1 unspecified atom stereocenters. The van der Waals surface area contributed by atoms with Gasteiger partial charge in [0.25, 0.3) is 0 Å². The van der Waals surface area contributed by atoms with E-state index in [0.29, 0.717) is 24.6 Å². The molecule has 7 nitrogen and oxygen atoms in total. The number of carbonyl (C=O) groups is 2. The van der Waals surface area contributed by atoms with Crippen LogP contribution in [0.15, 0.2) is 60.2 Å². The van der Waals surface area contributed by atoms with Crippen molar-refractivity contribution in [2.45, 2.75) is 90.3 Å². The SMILES string of the molecule is CCC(CC)O[C@@H]1C=C(C(=O)O)C[C@H](NCc2ccc(N3c4ccccc4CC3C)cc2)[C@H]1NC(C)=O. The zero-order valence-electron chi connectivity index (χ0n) is 22.2. The highest BCUT2D eigenvalue weighted by Gasteiger charge is 2.37. The zero-order chi connectivity index (χ0) is 26.5. The quantitative estimate of drug-likeness (QED) is 0.433. The molecular weight excluding hydrogens is 466 g/mol. The van der Waals surface area contributed by atoms with Crippen molar-refractivity contribution in [1.82, 2.24) is 10.6 Å². The lowest BCUT2D eigenvalue weighted by atomic mass is 9.87. The van der Waals surface area contributed by atoms with Crippen molar-refractivity contribution < 1.29 is 19.4 Å². The van der Waals surface area contributed by atoms with E-state index in [-0.39, 0.29) is 24.1 Å². The number of carbonyl (C=O) groups excluding carboxylic acids is 1. The Bertz CT molecular complexity index is 1130. The lowest BCUT2D eigenvalue weighted by Crippen LogP contribution is -2.58. The lowest BCUT2D eigenvalue weighted by Gasteiger charge is -2.38. The van der Waals surface area contributed by atoms with Gasteiger partial charge in [0.2, 0.25) is 5.91 Å². The number of carboxylic acids is 1. The molecule has 0 aromatic heterocycles. The monoisotopic (exact) mass is 505 g/mol. The molecule has 1 amide bonds. The Balaban J connectivity index is 1.49. The molecule has 1 heterocycles. The topological polar surface area (TPSA) is 90.9 Å². The first-order valence-corrected chi connectivity index (χ1v) is 13.4. The average molecular weight is 506 g/mol. The van der Waals surface area contributed by atoms with Crippen molar-refractivity contribution in [3.8, 4) is 0 Å². The summed E-state index contributed by atoms with van der Waals surface area (Å²) in [5.41, 5.74) is 5.19. The molecule has 2 aliphatic rings. The number of carboxylic acid groups (broad SMARTS) is 1. The standard InChI is InChI=1S/C30H39N3O4/c1-5-25(6-2)37-28-17-23(30(35)36)16-26(29(28)32-20(4)34)31-18-21-11-13-24(14-12-21)33-19(3)15-22-9-7-8-10-27(22)33/h7-14,17,19,25-26,28-29,31H,5-6,15-16,18H2,1-4H3,(H,32,34)(H,35,36)/t19?,26-,28+,29+/m0/s1. The molecule has 2 aromatic carbocycles. The summed E-state index contributed by atoms with van der Waals surface area (Å²) in [7, 11) is 0. The van der Waals surface area contributed by atoms with E-state index in [9.17, 15) is 14.7 Å². The summed E-state index contributed by atoms with van der Waals surface area (Å²) in [6, 6.07) is 16.8. The third-order valence-electron chi connectivity index (χ3n) is 7.49. The van der Waals surface area contributed by atoms with E-state index in [1.807, 2.05) is 13.8 Å². The highest BCUT2D eigenvalue weighted by Crippen LogP contribution is 2.38. The maximum Gasteiger partial charge on any atom is 0.331 e. The Morgan fingerprint density at radius 1 is 1.08 bits per heavy atom. The van der Waals surface area contributed by atoms with E-state index in [4.69, 9.17) is 4.74 Å². The number of fused-ring (bicyclic) bond motifs is 1. The van der Waals surface area contributed by atoms with Gasteiger partial charge in [0, 0.05) is 42.5 Å². The van der Waals surface area contributed by atoms with Crippen molar-refractivity contribution in [3.63, 3.8) is 0 Å². The third-order valence-corrected chi connectivity index (χ3v) is 7.49. The number of aliphatic carboxylic acids is 1. The van der Waals surface area contributed by atoms with Crippen LogP contribution in [-0.2, 0) is 27.3 Å². The van der Waals surface area contributed by atoms with Crippen LogP contribution in [0.3, 0.4) is 0 Å². The van der Waals surface area contributed by atoms with Crippen LogP contribution in [0.5, 0.6) is 0 Å². The van der Waals surface area contributed by atoms with Gasteiger partial charge in [0.15, 0.2) is 0 Å². The van der Waals surface area contributed by atoms with Gasteiger partial charge in [-0.05, 0) is 68.0 Å². The fraction of sp³-hybridized carbons (Fsp3) is 0.467. The van der Waals surface area contributed by atoms with Gasteiger partial charge in [-0.3, -0.25) is 4.79 Å². The van der Waals surface area contributed by atoms with E-state index < -0.39 is 12.1 Å². The second-order valence-electron chi connectivity index (χ2n) is 10.2. The average Bonchev–Trinajstić information content (AvgIpc) is 3.22. The molecule has 0 saturated carbocycles. The van der Waals surface area contributed by atoms with E-state index in [0.717, 1.165) is 30.5 Å². The van der Waals surface area contributed by atoms with Crippen LogP contribution in [0.2, 0.25) is 0 Å². The number of hydrogen-bond donors (Lipinski definition) is 3. The summed E-state index contributed by atoms with van der Waals surface area (Å²) in [6.45, 7) is 8.38. The smallest absolute Gasteiger partial charge is 0.331 e. The van der Waals surface area contributed by atoms with Crippen LogP contribution < -0.4 is 15.5 Å². The molecule has 0 radical (unpaired) electrons. The Hall–Kier alpha value is -3.16. The van der Waals surface area contributed by atoms with Crippen LogP contribution in [0.25, 0.3) is 0 Å². The van der Waals surface area contributed by atoms with Gasteiger partial charge >= 0.3 is 5.97 Å². The van der Waals surface area contributed by atoms with Gasteiger partial charge in [-0.1, -0.05) is 44.2 Å². The number of para-hydroxylation sites is 1. The minimum Gasteiger partial charge on any atom is -0.478 e. The molecule has 2 aromatic rings. The van der Waals surface area contributed by atoms with Crippen molar-refractivity contribution in [2.24, 2.45) is 0 Å². The largest absolute Gasteiger partial charge is 0.478 e. The second-order valence-corrected chi connectivity index (χ2v) is 10.2. The van der Waals surface area contributed by atoms with Gasteiger partial charge in [-0.25, -0.2) is 4.79 Å². The number of anilines is 2. The fourth-order valence-electron chi connectivity index (χ4n) is 5.55. The first-order chi connectivity index (χ1) is 17.8. The van der Waals surface area contributed by atoms with Gasteiger partial charge in [0.1, 0.15) is 0 Å². The number of amides is 1. The molecule has 4 rings (SSSR count). The predicted octanol–water partition coefficient (Wildman–Crippen LogP) is 4.72. The van der Waals surface area contributed by atoms with Crippen molar-refractivity contribution in [1.29, 1.82) is 0 Å². The van der Waals surface area contributed by atoms with Crippen LogP contribution in [0.1, 0.15) is 58.1 Å². The Morgan fingerprint density at radius 2 is 1.78 bits per heavy atom. The predicted molar refractivity (Wildman–Crippen MR) is 146 cm³/mol. The molecule has 4 atom stereocenters. The van der Waals surface area contributed by atoms with E-state index >= 15 is 0 Å². The molecule has 3 N–H and O–H groups in total. The van der Waals surface area contributed by atoms with Crippen molar-refractivity contribution in [2.75, 3.05) is 4.90 Å². The minimum atomic E-state index is -0.949. The van der Waals surface area contributed by atoms with E-state index in [1.54, 1.807) is 6.08 Å². The summed E-state index contributed by atoms with van der Waals surface area (Å²) in [5, 5.41) is 16.3. The number of rotatable bonds is 10. The van der Waals surface area contributed by atoms with Crippen LogP contribution in [0, 0.1) is 0 Å². The molecular formula is C30H39N3O4. The van der Waals surface area contributed by atoms with E-state index in [2.05, 4.69) is 71.0 Å². The van der Waals surface area contributed by atoms with Gasteiger partial charge in [-0.15, -0.1) is 0 Å². The fourth-order valence-corrected chi connectivity index (χ4v) is 5.55. The first-order valence-electron chi connectivity index (χ1n) is 13.4. The van der Waals surface area contributed by atoms with Gasteiger partial charge in [0.05, 0.1) is 18.2 Å². The highest BCUT2D eigenvalue weighted by molar-refractivity contribution is 5.87. The summed E-state index contributed by atoms with van der Waals surface area (Å²) >= 11 is 0. The molecule has 0 spiro atoms. The van der Waals surface area contributed by atoms with Crippen molar-refractivity contribution >= 4 is 23.3 Å². The zero-order valence-corrected chi connectivity index (χ0v) is 22.2. The van der Waals surface area contributed by atoms with Crippen LogP contribution >= 0.6 is 0 Å². The maximum atomic E-state index is 12.1. The number of benzene rings is 2. The second kappa shape index (κ2) is 11.9. The maximum absolute atomic E-state index is 12.1. The number of nitrogens with one attached hydrogen (secondary N) is 2. The Morgan fingerprint density at radius 3 is 2.43 bits per heavy atom. The minimum absolute atomic E-state index is 0.00282. The summed E-state index contributed by atoms with van der Waals surface area (Å²) < 4.78 is 6.28. The molecule has 0 fully saturated rings. The molecule has 7 heteroatoms. The summed E-state index contributed by atoms with van der Waals surface area (Å²) in [6.07, 6.45) is 4.14. The summed E-state index contributed by atoms with van der Waals surface area (Å²) in [5.74, 6) is -1.11. The Labute approximate surface area is 219 Å². The van der Waals surface area contributed by atoms with Crippen molar-refractivity contribution in [3.05, 3.63) is 71.3 Å². The molecule has 0 bridgehead atoms. The normalized spacial score (nSPS) is 23.1. The number of ether oxygens (including phenoxy) is 1. The highest BCUT2D eigenvalue weighted by atomic mass is 16.5. The van der Waals surface area contributed by atoms with E-state index in [1.165, 1.54) is 18.2 Å². The van der Waals surface area contributed by atoms with Crippen LogP contribution in [0.4, 0.5) is 11.4 Å². The molecule has 198 valence electrons. The molecule has 1 aliphatic carbocycles. The lowest BCUT2D eigenvalue weighted by molar-refractivity contribution is -0.133.